The Morgan fingerprint density at radius 2 is 0.948 bits per heavy atom. The fraction of sp³-hybridized carbons (Fsp3) is 0. The van der Waals surface area contributed by atoms with Crippen molar-refractivity contribution in [3.8, 4) is 51.0 Å². The van der Waals surface area contributed by atoms with E-state index in [4.69, 9.17) is 19.4 Å². The molecule has 270 valence electrons. The number of hydrogen-bond acceptors (Lipinski definition) is 4. The summed E-state index contributed by atoms with van der Waals surface area (Å²) in [6, 6.07) is 68.0. The molecule has 0 aliphatic heterocycles. The zero-order chi connectivity index (χ0) is 38.2. The minimum absolute atomic E-state index is 0.598. The molecule has 0 aliphatic rings. The van der Waals surface area contributed by atoms with Gasteiger partial charge in [0.25, 0.3) is 0 Å². The molecule has 0 atom stereocenters. The largest absolute Gasteiger partial charge is 0.456 e. The maximum Gasteiger partial charge on any atom is 0.164 e. The van der Waals surface area contributed by atoms with Crippen molar-refractivity contribution in [2.24, 2.45) is 0 Å². The lowest BCUT2D eigenvalue weighted by molar-refractivity contribution is 0.669. The summed E-state index contributed by atoms with van der Waals surface area (Å²) >= 11 is 0. The van der Waals surface area contributed by atoms with Gasteiger partial charge in [0.15, 0.2) is 17.5 Å². The molecule has 3 heterocycles. The van der Waals surface area contributed by atoms with Crippen molar-refractivity contribution >= 4 is 65.3 Å². The summed E-state index contributed by atoms with van der Waals surface area (Å²) in [5.41, 5.74) is 10.0. The van der Waals surface area contributed by atoms with Gasteiger partial charge in [0.2, 0.25) is 0 Å². The lowest BCUT2D eigenvalue weighted by Gasteiger charge is -2.13. The number of benzene rings is 9. The zero-order valence-electron chi connectivity index (χ0n) is 31.2. The Labute approximate surface area is 333 Å². The molecule has 0 fully saturated rings. The normalized spacial score (nSPS) is 11.8. The van der Waals surface area contributed by atoms with Gasteiger partial charge in [0, 0.05) is 43.9 Å². The predicted octanol–water partition coefficient (Wildman–Crippen LogP) is 13.8. The topological polar surface area (TPSA) is 56.7 Å². The number of hydrogen-bond donors (Lipinski definition) is 0. The molecule has 5 nitrogen and oxygen atoms in total. The monoisotopic (exact) mass is 740 g/mol. The van der Waals surface area contributed by atoms with E-state index in [1.165, 1.54) is 32.6 Å². The first kappa shape index (κ1) is 32.4. The van der Waals surface area contributed by atoms with E-state index in [0.717, 1.165) is 66.2 Å². The second kappa shape index (κ2) is 12.8. The van der Waals surface area contributed by atoms with Crippen LogP contribution in [0, 0.1) is 0 Å². The number of furan rings is 1. The number of rotatable bonds is 5. The summed E-state index contributed by atoms with van der Waals surface area (Å²) in [6.45, 7) is 0. The standard InChI is InChI=1S/C53H32N4O/c1-3-15-33(16-4-1)51-54-52(34-17-5-2-6-18-34)56-53(55-51)42-26-14-28-47-50(42)49-41-25-10-9-23-39(41)43(32-48(49)58-47)37-21-13-22-38(29-37)57-45-27-12-11-24-40(45)44-30-35-19-7-8-20-36(35)31-46(44)57/h1-32H. The SMILES string of the molecule is c1ccc(-c2nc(-c3ccccc3)nc(-c3cccc4oc5cc(-c6cccc(-n7c8ccccc8c8cc9ccccc9cc87)c6)c6ccccc6c5c34)n2)cc1. The molecule has 5 heteroatoms. The highest BCUT2D eigenvalue weighted by atomic mass is 16.3. The van der Waals surface area contributed by atoms with E-state index in [1.807, 2.05) is 72.8 Å². The van der Waals surface area contributed by atoms with Crippen molar-refractivity contribution in [1.29, 1.82) is 0 Å². The van der Waals surface area contributed by atoms with Crippen LogP contribution < -0.4 is 0 Å². The molecule has 0 radical (unpaired) electrons. The smallest absolute Gasteiger partial charge is 0.164 e. The average molecular weight is 741 g/mol. The van der Waals surface area contributed by atoms with Gasteiger partial charge in [0.1, 0.15) is 11.2 Å². The van der Waals surface area contributed by atoms with Gasteiger partial charge < -0.3 is 8.98 Å². The molecule has 0 aliphatic carbocycles. The first-order valence-electron chi connectivity index (χ1n) is 19.5. The highest BCUT2D eigenvalue weighted by Gasteiger charge is 2.21. The number of para-hydroxylation sites is 1. The van der Waals surface area contributed by atoms with Gasteiger partial charge in [-0.3, -0.25) is 0 Å². The number of aromatic nitrogens is 4. The maximum absolute atomic E-state index is 6.80. The van der Waals surface area contributed by atoms with Crippen LogP contribution in [-0.4, -0.2) is 19.5 Å². The molecule has 0 saturated carbocycles. The Balaban J connectivity index is 1.07. The summed E-state index contributed by atoms with van der Waals surface area (Å²) in [7, 11) is 0. The van der Waals surface area contributed by atoms with E-state index in [2.05, 4.69) is 126 Å². The Hall–Kier alpha value is -7.89. The van der Waals surface area contributed by atoms with Crippen LogP contribution in [0.5, 0.6) is 0 Å². The highest BCUT2D eigenvalue weighted by Crippen LogP contribution is 2.44. The Bertz CT molecular complexity index is 3510. The van der Waals surface area contributed by atoms with Gasteiger partial charge >= 0.3 is 0 Å². The van der Waals surface area contributed by atoms with Crippen molar-refractivity contribution in [2.45, 2.75) is 0 Å². The Morgan fingerprint density at radius 1 is 0.345 bits per heavy atom. The molecule has 0 amide bonds. The molecule has 0 saturated heterocycles. The van der Waals surface area contributed by atoms with Gasteiger partial charge in [-0.1, -0.05) is 152 Å². The third-order valence-electron chi connectivity index (χ3n) is 11.4. The lowest BCUT2D eigenvalue weighted by atomic mass is 9.93. The van der Waals surface area contributed by atoms with Crippen LogP contribution in [0.3, 0.4) is 0 Å². The Kier molecular flexibility index (Phi) is 7.16. The molecule has 0 bridgehead atoms. The van der Waals surface area contributed by atoms with Gasteiger partial charge in [-0.05, 0) is 75.1 Å². The molecular formula is C53H32N4O. The highest BCUT2D eigenvalue weighted by molar-refractivity contribution is 6.25. The summed E-state index contributed by atoms with van der Waals surface area (Å²) in [5.74, 6) is 1.84. The first-order valence-corrected chi connectivity index (χ1v) is 19.5. The number of nitrogens with zero attached hydrogens (tertiary/aromatic N) is 4. The summed E-state index contributed by atoms with van der Waals surface area (Å²) in [5, 5.41) is 9.22. The van der Waals surface area contributed by atoms with Crippen LogP contribution >= 0.6 is 0 Å². The molecule has 58 heavy (non-hydrogen) atoms. The number of fused-ring (bicyclic) bond motifs is 9. The van der Waals surface area contributed by atoms with E-state index in [-0.39, 0.29) is 0 Å². The molecule has 9 aromatic carbocycles. The summed E-state index contributed by atoms with van der Waals surface area (Å²) in [6.07, 6.45) is 0. The van der Waals surface area contributed by atoms with Gasteiger partial charge in [-0.15, -0.1) is 0 Å². The fourth-order valence-corrected chi connectivity index (χ4v) is 8.78. The van der Waals surface area contributed by atoms with Crippen LogP contribution in [0.4, 0.5) is 0 Å². The van der Waals surface area contributed by atoms with E-state index in [0.29, 0.717) is 17.5 Å². The van der Waals surface area contributed by atoms with Crippen LogP contribution in [0.25, 0.3) is 116 Å². The molecule has 3 aromatic heterocycles. The van der Waals surface area contributed by atoms with Crippen molar-refractivity contribution in [1.82, 2.24) is 19.5 Å². The molecular weight excluding hydrogens is 709 g/mol. The first-order chi connectivity index (χ1) is 28.7. The van der Waals surface area contributed by atoms with Gasteiger partial charge in [-0.2, -0.15) is 0 Å². The zero-order valence-corrected chi connectivity index (χ0v) is 31.2. The van der Waals surface area contributed by atoms with Crippen molar-refractivity contribution in [3.05, 3.63) is 194 Å². The molecule has 12 rings (SSSR count). The average Bonchev–Trinajstić information content (AvgIpc) is 3.84. The summed E-state index contributed by atoms with van der Waals surface area (Å²) < 4.78 is 9.20. The summed E-state index contributed by atoms with van der Waals surface area (Å²) in [4.78, 5) is 15.2. The second-order valence-corrected chi connectivity index (χ2v) is 14.8. The molecule has 0 N–H and O–H groups in total. The van der Waals surface area contributed by atoms with Crippen molar-refractivity contribution in [3.63, 3.8) is 0 Å². The third-order valence-corrected chi connectivity index (χ3v) is 11.4. The van der Waals surface area contributed by atoms with E-state index in [9.17, 15) is 0 Å². The molecule has 0 spiro atoms. The van der Waals surface area contributed by atoms with Crippen LogP contribution in [0.15, 0.2) is 199 Å². The second-order valence-electron chi connectivity index (χ2n) is 14.8. The van der Waals surface area contributed by atoms with E-state index >= 15 is 0 Å². The Morgan fingerprint density at radius 3 is 1.71 bits per heavy atom. The minimum atomic E-state index is 0.598. The molecule has 12 aromatic rings. The van der Waals surface area contributed by atoms with Gasteiger partial charge in [0.05, 0.1) is 11.0 Å². The predicted molar refractivity (Wildman–Crippen MR) is 238 cm³/mol. The fourth-order valence-electron chi connectivity index (χ4n) is 8.78. The van der Waals surface area contributed by atoms with Crippen LogP contribution in [0.1, 0.15) is 0 Å². The lowest BCUT2D eigenvalue weighted by Crippen LogP contribution is -2.00. The van der Waals surface area contributed by atoms with Crippen molar-refractivity contribution in [2.75, 3.05) is 0 Å². The van der Waals surface area contributed by atoms with Crippen molar-refractivity contribution < 1.29 is 4.42 Å². The van der Waals surface area contributed by atoms with Crippen LogP contribution in [-0.2, 0) is 0 Å². The van der Waals surface area contributed by atoms with Crippen LogP contribution in [0.2, 0.25) is 0 Å². The van der Waals surface area contributed by atoms with E-state index < -0.39 is 0 Å². The minimum Gasteiger partial charge on any atom is -0.456 e. The van der Waals surface area contributed by atoms with Gasteiger partial charge in [-0.25, -0.2) is 15.0 Å². The van der Waals surface area contributed by atoms with E-state index in [1.54, 1.807) is 0 Å². The third kappa shape index (κ3) is 5.07. The maximum atomic E-state index is 6.80. The molecule has 0 unspecified atom stereocenters. The quantitative estimate of drug-likeness (QED) is 0.176.